The van der Waals surface area contributed by atoms with Gasteiger partial charge in [0.15, 0.2) is 0 Å². The minimum absolute atomic E-state index is 0.0766. The Bertz CT molecular complexity index is 930. The fourth-order valence-corrected chi connectivity index (χ4v) is 4.07. The number of nitrogens with one attached hydrogen (secondary N) is 1. The summed E-state index contributed by atoms with van der Waals surface area (Å²) < 4.78 is 27.2. The highest BCUT2D eigenvalue weighted by Gasteiger charge is 2.29. The van der Waals surface area contributed by atoms with Crippen LogP contribution in [0.25, 0.3) is 0 Å². The SMILES string of the molecule is Cc1nc(C(=O)N2CCc3c(CNS(C)(=O)=O)nn(C(C)C)c3C2)cs1. The fraction of sp³-hybridized carbons (Fsp3) is 0.562. The maximum Gasteiger partial charge on any atom is 0.273 e. The molecule has 26 heavy (non-hydrogen) atoms. The maximum atomic E-state index is 12.7. The lowest BCUT2D eigenvalue weighted by Crippen LogP contribution is -2.37. The number of aromatic nitrogens is 3. The van der Waals surface area contributed by atoms with E-state index in [1.165, 1.54) is 11.3 Å². The third-order valence-corrected chi connectivity index (χ3v) is 5.73. The van der Waals surface area contributed by atoms with E-state index in [-0.39, 0.29) is 18.5 Å². The summed E-state index contributed by atoms with van der Waals surface area (Å²) >= 11 is 1.46. The second-order valence-electron chi connectivity index (χ2n) is 6.73. The van der Waals surface area contributed by atoms with E-state index in [4.69, 9.17) is 0 Å². The zero-order chi connectivity index (χ0) is 19.1. The molecule has 0 fully saturated rings. The summed E-state index contributed by atoms with van der Waals surface area (Å²) in [7, 11) is -3.29. The van der Waals surface area contributed by atoms with E-state index in [0.29, 0.717) is 25.2 Å². The van der Waals surface area contributed by atoms with Gasteiger partial charge in [-0.1, -0.05) is 0 Å². The van der Waals surface area contributed by atoms with Gasteiger partial charge in [0, 0.05) is 23.5 Å². The Kier molecular flexibility index (Phi) is 5.18. The fourth-order valence-electron chi connectivity index (χ4n) is 3.08. The number of aryl methyl sites for hydroxylation is 1. The maximum absolute atomic E-state index is 12.7. The van der Waals surface area contributed by atoms with E-state index >= 15 is 0 Å². The van der Waals surface area contributed by atoms with Gasteiger partial charge in [0.05, 0.1) is 35.7 Å². The lowest BCUT2D eigenvalue weighted by Gasteiger charge is -2.28. The van der Waals surface area contributed by atoms with Gasteiger partial charge in [-0.3, -0.25) is 9.48 Å². The molecular weight excluding hydrogens is 374 g/mol. The Morgan fingerprint density at radius 3 is 2.73 bits per heavy atom. The van der Waals surface area contributed by atoms with Crippen molar-refractivity contribution in [2.75, 3.05) is 12.8 Å². The highest BCUT2D eigenvalue weighted by molar-refractivity contribution is 7.88. The average molecular weight is 398 g/mol. The molecule has 142 valence electrons. The minimum atomic E-state index is -3.29. The van der Waals surface area contributed by atoms with Crippen molar-refractivity contribution in [2.45, 2.75) is 46.3 Å². The summed E-state index contributed by atoms with van der Waals surface area (Å²) in [5, 5.41) is 7.26. The van der Waals surface area contributed by atoms with Crippen LogP contribution < -0.4 is 4.72 Å². The Balaban J connectivity index is 1.87. The number of nitrogens with zero attached hydrogens (tertiary/aromatic N) is 4. The van der Waals surface area contributed by atoms with Gasteiger partial charge >= 0.3 is 0 Å². The summed E-state index contributed by atoms with van der Waals surface area (Å²) in [4.78, 5) is 18.8. The molecule has 2 aromatic rings. The number of hydrogen-bond acceptors (Lipinski definition) is 6. The number of fused-ring (bicyclic) bond motifs is 1. The summed E-state index contributed by atoms with van der Waals surface area (Å²) in [6.07, 6.45) is 1.78. The lowest BCUT2D eigenvalue weighted by molar-refractivity contribution is 0.0723. The van der Waals surface area contributed by atoms with Gasteiger partial charge in [0.25, 0.3) is 5.91 Å². The molecule has 1 N–H and O–H groups in total. The minimum Gasteiger partial charge on any atom is -0.331 e. The first-order valence-corrected chi connectivity index (χ1v) is 11.2. The van der Waals surface area contributed by atoms with Crippen LogP contribution in [-0.4, -0.2) is 46.8 Å². The van der Waals surface area contributed by atoms with Crippen molar-refractivity contribution in [3.05, 3.63) is 33.0 Å². The molecule has 0 aliphatic carbocycles. The average Bonchev–Trinajstić information content (AvgIpc) is 3.15. The second-order valence-corrected chi connectivity index (χ2v) is 9.63. The van der Waals surface area contributed by atoms with Gasteiger partial charge in [0.2, 0.25) is 10.0 Å². The molecule has 0 atom stereocenters. The van der Waals surface area contributed by atoms with Crippen LogP contribution in [-0.2, 0) is 29.5 Å². The van der Waals surface area contributed by atoms with E-state index in [9.17, 15) is 13.2 Å². The van der Waals surface area contributed by atoms with Crippen LogP contribution in [0, 0.1) is 6.92 Å². The van der Waals surface area contributed by atoms with Gasteiger partial charge in [-0.15, -0.1) is 11.3 Å². The molecule has 0 radical (unpaired) electrons. The predicted octanol–water partition coefficient (Wildman–Crippen LogP) is 1.48. The molecule has 3 heterocycles. The van der Waals surface area contributed by atoms with Crippen LogP contribution in [0.4, 0.5) is 0 Å². The van der Waals surface area contributed by atoms with Gasteiger partial charge in [-0.25, -0.2) is 18.1 Å². The molecule has 1 amide bonds. The van der Waals surface area contributed by atoms with Crippen LogP contribution in [0.2, 0.25) is 0 Å². The quantitative estimate of drug-likeness (QED) is 0.824. The first kappa shape index (κ1) is 19.0. The van der Waals surface area contributed by atoms with E-state index < -0.39 is 10.0 Å². The Morgan fingerprint density at radius 1 is 1.42 bits per heavy atom. The topological polar surface area (TPSA) is 97.2 Å². The van der Waals surface area contributed by atoms with Crippen molar-refractivity contribution in [2.24, 2.45) is 0 Å². The summed E-state index contributed by atoms with van der Waals surface area (Å²) in [5.74, 6) is -0.0766. The summed E-state index contributed by atoms with van der Waals surface area (Å²) in [6.45, 7) is 7.11. The number of sulfonamides is 1. The van der Waals surface area contributed by atoms with E-state index in [2.05, 4.69) is 14.8 Å². The van der Waals surface area contributed by atoms with Crippen LogP contribution >= 0.6 is 11.3 Å². The molecule has 3 rings (SSSR count). The number of amides is 1. The highest BCUT2D eigenvalue weighted by Crippen LogP contribution is 2.26. The molecule has 2 aromatic heterocycles. The first-order chi connectivity index (χ1) is 12.2. The second kappa shape index (κ2) is 7.09. The number of thiazole rings is 1. The lowest BCUT2D eigenvalue weighted by atomic mass is 10.0. The van der Waals surface area contributed by atoms with Gasteiger partial charge in [0.1, 0.15) is 5.69 Å². The Morgan fingerprint density at radius 2 is 2.15 bits per heavy atom. The molecule has 1 aliphatic rings. The van der Waals surface area contributed by atoms with Crippen molar-refractivity contribution >= 4 is 27.3 Å². The van der Waals surface area contributed by atoms with E-state index in [0.717, 1.165) is 28.2 Å². The number of hydrogen-bond donors (Lipinski definition) is 1. The van der Waals surface area contributed by atoms with Crippen LogP contribution in [0.3, 0.4) is 0 Å². The van der Waals surface area contributed by atoms with Crippen molar-refractivity contribution in [3.63, 3.8) is 0 Å². The molecule has 0 spiro atoms. The Labute approximate surface area is 157 Å². The molecule has 0 saturated heterocycles. The van der Waals surface area contributed by atoms with E-state index in [1.54, 1.807) is 10.3 Å². The number of rotatable bonds is 5. The van der Waals surface area contributed by atoms with Crippen molar-refractivity contribution in [3.8, 4) is 0 Å². The summed E-state index contributed by atoms with van der Waals surface area (Å²) in [6, 6.07) is 0.118. The largest absolute Gasteiger partial charge is 0.331 e. The van der Waals surface area contributed by atoms with Crippen molar-refractivity contribution in [1.82, 2.24) is 24.4 Å². The smallest absolute Gasteiger partial charge is 0.273 e. The molecule has 1 aliphatic heterocycles. The van der Waals surface area contributed by atoms with Gasteiger partial charge < -0.3 is 4.90 Å². The third kappa shape index (κ3) is 3.97. The molecular formula is C16H23N5O3S2. The molecule has 0 saturated carbocycles. The Hall–Kier alpha value is -1.78. The molecule has 10 heteroatoms. The third-order valence-electron chi connectivity index (χ3n) is 4.29. The van der Waals surface area contributed by atoms with Gasteiger partial charge in [-0.05, 0) is 27.2 Å². The van der Waals surface area contributed by atoms with Crippen molar-refractivity contribution in [1.29, 1.82) is 0 Å². The normalized spacial score (nSPS) is 14.7. The van der Waals surface area contributed by atoms with Crippen molar-refractivity contribution < 1.29 is 13.2 Å². The van der Waals surface area contributed by atoms with Crippen LogP contribution in [0.15, 0.2) is 5.38 Å². The van der Waals surface area contributed by atoms with Crippen LogP contribution in [0.1, 0.15) is 52.3 Å². The zero-order valence-corrected chi connectivity index (χ0v) is 16.9. The van der Waals surface area contributed by atoms with E-state index in [1.807, 2.05) is 25.5 Å². The van der Waals surface area contributed by atoms with Crippen LogP contribution in [0.5, 0.6) is 0 Å². The number of carbonyl (C=O) groups excluding carboxylic acids is 1. The standard InChI is InChI=1S/C16H23N5O3S2/c1-10(2)21-15-8-20(16(22)14-9-25-11(3)18-14)6-5-12(15)13(19-21)7-17-26(4,23)24/h9-10,17H,5-8H2,1-4H3. The highest BCUT2D eigenvalue weighted by atomic mass is 32.2. The predicted molar refractivity (Wildman–Crippen MR) is 99.6 cm³/mol. The number of carbonyl (C=O) groups is 1. The molecule has 0 bridgehead atoms. The molecule has 0 aromatic carbocycles. The molecule has 8 nitrogen and oxygen atoms in total. The zero-order valence-electron chi connectivity index (χ0n) is 15.3. The summed E-state index contributed by atoms with van der Waals surface area (Å²) in [5.41, 5.74) is 3.21. The van der Waals surface area contributed by atoms with Gasteiger partial charge in [-0.2, -0.15) is 5.10 Å². The first-order valence-electron chi connectivity index (χ1n) is 8.41. The molecule has 0 unspecified atom stereocenters. The monoisotopic (exact) mass is 397 g/mol.